The van der Waals surface area contributed by atoms with Crippen molar-refractivity contribution in [2.75, 3.05) is 5.32 Å². The molecule has 1 unspecified atom stereocenters. The van der Waals surface area contributed by atoms with Crippen LogP contribution in [0, 0.1) is 0 Å². The Morgan fingerprint density at radius 3 is 2.59 bits per heavy atom. The first-order chi connectivity index (χ1) is 10.8. The summed E-state index contributed by atoms with van der Waals surface area (Å²) in [5.41, 5.74) is 2.70. The van der Waals surface area contributed by atoms with Crippen LogP contribution in [0.3, 0.4) is 0 Å². The fraction of sp³-hybridized carbons (Fsp3) is 0.158. The minimum atomic E-state index is -0.146. The zero-order valence-corrected chi connectivity index (χ0v) is 12.5. The van der Waals surface area contributed by atoms with Crippen molar-refractivity contribution in [3.05, 3.63) is 72.4 Å². The molecular weight excluding hydrogens is 272 g/mol. The van der Waals surface area contributed by atoms with Gasteiger partial charge in [-0.15, -0.1) is 0 Å². The molecule has 3 aromatic rings. The van der Waals surface area contributed by atoms with Gasteiger partial charge in [0, 0.05) is 5.39 Å². The molecule has 3 nitrogen and oxygen atoms in total. The summed E-state index contributed by atoms with van der Waals surface area (Å²) in [5.74, 6) is -0.140. The number of nitrogens with one attached hydrogen (secondary N) is 1. The molecule has 0 bridgehead atoms. The Morgan fingerprint density at radius 1 is 1.09 bits per heavy atom. The standard InChI is InChI=1S/C19H18N2O/c1-2-17(14-8-4-3-5-9-14)19(22)21-16-12-15-10-6-7-11-18(15)20-13-16/h3-13,17H,2H2,1H3,(H,21,22). The Morgan fingerprint density at radius 2 is 1.82 bits per heavy atom. The summed E-state index contributed by atoms with van der Waals surface area (Å²) in [5, 5.41) is 4.00. The molecule has 0 spiro atoms. The number of amides is 1. The lowest BCUT2D eigenvalue weighted by Crippen LogP contribution is -2.20. The van der Waals surface area contributed by atoms with Crippen molar-refractivity contribution < 1.29 is 4.79 Å². The maximum Gasteiger partial charge on any atom is 0.231 e. The molecule has 2 aromatic carbocycles. The van der Waals surface area contributed by atoms with E-state index in [0.717, 1.165) is 28.6 Å². The Labute approximate surface area is 130 Å². The van der Waals surface area contributed by atoms with Crippen LogP contribution in [0.2, 0.25) is 0 Å². The quantitative estimate of drug-likeness (QED) is 0.775. The number of para-hydroxylation sites is 1. The van der Waals surface area contributed by atoms with Crippen molar-refractivity contribution in [1.82, 2.24) is 4.98 Å². The molecule has 1 atom stereocenters. The van der Waals surface area contributed by atoms with Gasteiger partial charge in [0.15, 0.2) is 0 Å². The van der Waals surface area contributed by atoms with Crippen molar-refractivity contribution >= 4 is 22.5 Å². The number of hydrogen-bond acceptors (Lipinski definition) is 2. The summed E-state index contributed by atoms with van der Waals surface area (Å²) in [4.78, 5) is 16.9. The summed E-state index contributed by atoms with van der Waals surface area (Å²) in [6.07, 6.45) is 2.47. The molecule has 0 saturated carbocycles. The fourth-order valence-corrected chi connectivity index (χ4v) is 2.63. The van der Waals surface area contributed by atoms with E-state index in [1.54, 1.807) is 6.20 Å². The van der Waals surface area contributed by atoms with E-state index in [1.807, 2.05) is 67.6 Å². The molecule has 0 aliphatic carbocycles. The van der Waals surface area contributed by atoms with Crippen LogP contribution in [0.1, 0.15) is 24.8 Å². The summed E-state index contributed by atoms with van der Waals surface area (Å²) in [6.45, 7) is 2.02. The summed E-state index contributed by atoms with van der Waals surface area (Å²) >= 11 is 0. The SMILES string of the molecule is CCC(C(=O)Nc1cnc2ccccc2c1)c1ccccc1. The van der Waals surface area contributed by atoms with Crippen molar-refractivity contribution in [2.45, 2.75) is 19.3 Å². The number of hydrogen-bond donors (Lipinski definition) is 1. The van der Waals surface area contributed by atoms with E-state index in [-0.39, 0.29) is 11.8 Å². The van der Waals surface area contributed by atoms with Crippen LogP contribution in [0.15, 0.2) is 66.9 Å². The van der Waals surface area contributed by atoms with E-state index in [0.29, 0.717) is 0 Å². The average Bonchev–Trinajstić information content (AvgIpc) is 2.56. The molecular formula is C19H18N2O. The lowest BCUT2D eigenvalue weighted by molar-refractivity contribution is -0.117. The Balaban J connectivity index is 1.82. The highest BCUT2D eigenvalue weighted by atomic mass is 16.1. The highest BCUT2D eigenvalue weighted by Crippen LogP contribution is 2.22. The summed E-state index contributed by atoms with van der Waals surface area (Å²) in [6, 6.07) is 19.7. The van der Waals surface area contributed by atoms with Crippen LogP contribution < -0.4 is 5.32 Å². The van der Waals surface area contributed by atoms with Gasteiger partial charge in [-0.05, 0) is 24.1 Å². The molecule has 3 heteroatoms. The lowest BCUT2D eigenvalue weighted by Gasteiger charge is -2.15. The minimum Gasteiger partial charge on any atom is -0.324 e. The van der Waals surface area contributed by atoms with Gasteiger partial charge in [0.1, 0.15) is 0 Å². The Hall–Kier alpha value is -2.68. The predicted octanol–water partition coefficient (Wildman–Crippen LogP) is 4.37. The van der Waals surface area contributed by atoms with Gasteiger partial charge < -0.3 is 5.32 Å². The Bertz CT molecular complexity index is 784. The molecule has 0 aliphatic rings. The molecule has 3 rings (SSSR count). The van der Waals surface area contributed by atoms with Crippen LogP contribution in [-0.4, -0.2) is 10.9 Å². The average molecular weight is 290 g/mol. The van der Waals surface area contributed by atoms with Gasteiger partial charge in [0.25, 0.3) is 0 Å². The largest absolute Gasteiger partial charge is 0.324 e. The topological polar surface area (TPSA) is 42.0 Å². The second-order valence-corrected chi connectivity index (χ2v) is 5.28. The molecule has 110 valence electrons. The molecule has 1 heterocycles. The lowest BCUT2D eigenvalue weighted by atomic mass is 9.95. The maximum atomic E-state index is 12.5. The zero-order valence-electron chi connectivity index (χ0n) is 12.5. The third-order valence-corrected chi connectivity index (χ3v) is 3.78. The van der Waals surface area contributed by atoms with Gasteiger partial charge in [0.05, 0.1) is 23.3 Å². The van der Waals surface area contributed by atoms with Crippen LogP contribution in [0.5, 0.6) is 0 Å². The van der Waals surface area contributed by atoms with Crippen LogP contribution in [-0.2, 0) is 4.79 Å². The number of fused-ring (bicyclic) bond motifs is 1. The van der Waals surface area contributed by atoms with Gasteiger partial charge in [-0.1, -0.05) is 55.5 Å². The van der Waals surface area contributed by atoms with Crippen molar-refractivity contribution in [3.63, 3.8) is 0 Å². The van der Waals surface area contributed by atoms with Crippen LogP contribution in [0.25, 0.3) is 10.9 Å². The second kappa shape index (κ2) is 6.39. The first-order valence-corrected chi connectivity index (χ1v) is 7.48. The van der Waals surface area contributed by atoms with Crippen molar-refractivity contribution in [2.24, 2.45) is 0 Å². The van der Waals surface area contributed by atoms with E-state index in [2.05, 4.69) is 10.3 Å². The third kappa shape index (κ3) is 2.98. The number of aromatic nitrogens is 1. The summed E-state index contributed by atoms with van der Waals surface area (Å²) < 4.78 is 0. The van der Waals surface area contributed by atoms with Crippen LogP contribution >= 0.6 is 0 Å². The number of pyridine rings is 1. The number of benzene rings is 2. The van der Waals surface area contributed by atoms with Gasteiger partial charge in [0.2, 0.25) is 5.91 Å². The molecule has 0 radical (unpaired) electrons. The van der Waals surface area contributed by atoms with E-state index in [1.165, 1.54) is 0 Å². The third-order valence-electron chi connectivity index (χ3n) is 3.78. The number of carbonyl (C=O) groups excluding carboxylic acids is 1. The predicted molar refractivity (Wildman–Crippen MR) is 89.8 cm³/mol. The van der Waals surface area contributed by atoms with Gasteiger partial charge in [-0.25, -0.2) is 0 Å². The summed E-state index contributed by atoms with van der Waals surface area (Å²) in [7, 11) is 0. The van der Waals surface area contributed by atoms with Gasteiger partial charge in [-0.2, -0.15) is 0 Å². The van der Waals surface area contributed by atoms with E-state index in [9.17, 15) is 4.79 Å². The second-order valence-electron chi connectivity index (χ2n) is 5.28. The molecule has 1 N–H and O–H groups in total. The van der Waals surface area contributed by atoms with E-state index < -0.39 is 0 Å². The van der Waals surface area contributed by atoms with Crippen molar-refractivity contribution in [1.29, 1.82) is 0 Å². The van der Waals surface area contributed by atoms with Crippen LogP contribution in [0.4, 0.5) is 5.69 Å². The van der Waals surface area contributed by atoms with Gasteiger partial charge >= 0.3 is 0 Å². The molecule has 22 heavy (non-hydrogen) atoms. The first kappa shape index (κ1) is 14.3. The number of anilines is 1. The first-order valence-electron chi connectivity index (χ1n) is 7.48. The highest BCUT2D eigenvalue weighted by Gasteiger charge is 2.18. The zero-order chi connectivity index (χ0) is 15.4. The van der Waals surface area contributed by atoms with E-state index in [4.69, 9.17) is 0 Å². The fourth-order valence-electron chi connectivity index (χ4n) is 2.63. The number of nitrogens with zero attached hydrogens (tertiary/aromatic N) is 1. The van der Waals surface area contributed by atoms with E-state index >= 15 is 0 Å². The highest BCUT2D eigenvalue weighted by molar-refractivity contribution is 5.97. The maximum absolute atomic E-state index is 12.5. The normalized spacial score (nSPS) is 12.0. The van der Waals surface area contributed by atoms with Gasteiger partial charge in [-0.3, -0.25) is 9.78 Å². The molecule has 1 aromatic heterocycles. The molecule has 0 saturated heterocycles. The monoisotopic (exact) mass is 290 g/mol. The minimum absolute atomic E-state index is 0.00535. The molecule has 0 aliphatic heterocycles. The number of carbonyl (C=O) groups is 1. The smallest absolute Gasteiger partial charge is 0.231 e. The molecule has 0 fully saturated rings. The molecule has 1 amide bonds. The number of rotatable bonds is 4. The van der Waals surface area contributed by atoms with Crippen molar-refractivity contribution in [3.8, 4) is 0 Å². The Kier molecular flexibility index (Phi) is 4.15.